The van der Waals surface area contributed by atoms with Crippen LogP contribution < -0.4 is 0 Å². The minimum Gasteiger partial charge on any atom is -0.387 e. The maximum Gasteiger partial charge on any atom is 0.219 e. The van der Waals surface area contributed by atoms with Crippen molar-refractivity contribution in [2.45, 2.75) is 57.3 Å². The summed E-state index contributed by atoms with van der Waals surface area (Å²) in [4.78, 5) is 24.9. The van der Waals surface area contributed by atoms with Gasteiger partial charge in [-0.25, -0.2) is 9.97 Å². The van der Waals surface area contributed by atoms with Crippen molar-refractivity contribution in [2.24, 2.45) is 0 Å². The first kappa shape index (κ1) is 19.0. The highest BCUT2D eigenvalue weighted by Gasteiger charge is 2.36. The molecule has 2 aromatic rings. The lowest BCUT2D eigenvalue weighted by Gasteiger charge is -2.32. The monoisotopic (exact) mass is 380 g/mol. The lowest BCUT2D eigenvalue weighted by molar-refractivity contribution is -0.132. The molecule has 0 bridgehead atoms. The van der Waals surface area contributed by atoms with Gasteiger partial charge in [-0.1, -0.05) is 24.3 Å². The zero-order valence-corrected chi connectivity index (χ0v) is 16.4. The normalized spacial score (nSPS) is 25.1. The van der Waals surface area contributed by atoms with Crippen molar-refractivity contribution in [3.05, 3.63) is 59.7 Å². The topological polar surface area (TPSA) is 69.6 Å². The van der Waals surface area contributed by atoms with Crippen molar-refractivity contribution in [3.63, 3.8) is 0 Å². The second kappa shape index (κ2) is 8.37. The smallest absolute Gasteiger partial charge is 0.219 e. The summed E-state index contributed by atoms with van der Waals surface area (Å²) in [7, 11) is 0. The average molecular weight is 380 g/mol. The Hall–Kier alpha value is -2.31. The van der Waals surface area contributed by atoms with Gasteiger partial charge >= 0.3 is 0 Å². The lowest BCUT2D eigenvalue weighted by Crippen LogP contribution is -2.41. The first-order chi connectivity index (χ1) is 13.6. The summed E-state index contributed by atoms with van der Waals surface area (Å²) < 4.78 is 0. The molecule has 1 aliphatic heterocycles. The third-order valence-corrected chi connectivity index (χ3v) is 6.18. The zero-order valence-electron chi connectivity index (χ0n) is 16.4. The number of carbonyl (C=O) groups is 1. The van der Waals surface area contributed by atoms with Crippen LogP contribution in [0.2, 0.25) is 0 Å². The maximum atomic E-state index is 12.3. The molecule has 6 nitrogen and oxygen atoms in total. The van der Waals surface area contributed by atoms with Crippen molar-refractivity contribution in [1.82, 2.24) is 19.8 Å². The van der Waals surface area contributed by atoms with E-state index in [1.165, 1.54) is 11.9 Å². The first-order valence-electron chi connectivity index (χ1n) is 10.1. The number of benzene rings is 1. The molecule has 0 unspecified atom stereocenters. The predicted octanol–water partition coefficient (Wildman–Crippen LogP) is 2.34. The highest BCUT2D eigenvalue weighted by atomic mass is 16.3. The summed E-state index contributed by atoms with van der Waals surface area (Å²) in [6, 6.07) is 8.57. The Bertz CT molecular complexity index is 813. The first-order valence-corrected chi connectivity index (χ1v) is 10.1. The van der Waals surface area contributed by atoms with Crippen LogP contribution in [0.3, 0.4) is 0 Å². The molecule has 1 saturated heterocycles. The number of aliphatic hydroxyl groups is 1. The van der Waals surface area contributed by atoms with Gasteiger partial charge in [0.25, 0.3) is 0 Å². The quantitative estimate of drug-likeness (QED) is 0.882. The van der Waals surface area contributed by atoms with E-state index in [1.54, 1.807) is 19.3 Å². The van der Waals surface area contributed by atoms with E-state index in [4.69, 9.17) is 0 Å². The van der Waals surface area contributed by atoms with Gasteiger partial charge in [0.1, 0.15) is 6.33 Å². The van der Waals surface area contributed by atoms with E-state index < -0.39 is 6.10 Å². The fraction of sp³-hybridized carbons (Fsp3) is 0.500. The molecule has 1 aliphatic carbocycles. The number of rotatable bonds is 4. The Kier molecular flexibility index (Phi) is 5.69. The van der Waals surface area contributed by atoms with Crippen molar-refractivity contribution < 1.29 is 9.90 Å². The summed E-state index contributed by atoms with van der Waals surface area (Å²) in [5, 5.41) is 10.8. The van der Waals surface area contributed by atoms with Gasteiger partial charge in [-0.3, -0.25) is 9.69 Å². The minimum absolute atomic E-state index is 0.0932. The molecule has 148 valence electrons. The molecule has 3 atom stereocenters. The van der Waals surface area contributed by atoms with Crippen LogP contribution in [0.4, 0.5) is 0 Å². The Balaban J connectivity index is 1.42. The number of nitrogens with zero attached hydrogens (tertiary/aromatic N) is 4. The molecule has 28 heavy (non-hydrogen) atoms. The van der Waals surface area contributed by atoms with Crippen molar-refractivity contribution >= 4 is 5.91 Å². The van der Waals surface area contributed by atoms with Crippen LogP contribution in [0.1, 0.15) is 49.0 Å². The van der Waals surface area contributed by atoms with E-state index in [0.29, 0.717) is 6.54 Å². The second-order valence-electron chi connectivity index (χ2n) is 7.93. The number of hydrogen-bond donors (Lipinski definition) is 1. The number of aromatic nitrogens is 2. The number of hydrogen-bond acceptors (Lipinski definition) is 5. The second-order valence-corrected chi connectivity index (χ2v) is 7.93. The van der Waals surface area contributed by atoms with E-state index in [1.807, 2.05) is 23.1 Å². The average Bonchev–Trinajstić information content (AvgIpc) is 2.89. The van der Waals surface area contributed by atoms with Gasteiger partial charge < -0.3 is 10.0 Å². The van der Waals surface area contributed by atoms with Gasteiger partial charge in [0.15, 0.2) is 0 Å². The standard InChI is InChI=1S/C22H28N4O2/c1-16(27)26(14-17-12-23-15-24-13-17)19-6-4-9-25(10-8-19)21-11-18-5-2-3-7-20(18)22(21)28/h2-3,5,7,12-13,15,19,21-22,28H,4,6,8-11,14H2,1H3/t19-,21-,22+/m1/s1. The Morgan fingerprint density at radius 3 is 2.75 bits per heavy atom. The largest absolute Gasteiger partial charge is 0.387 e. The van der Waals surface area contributed by atoms with E-state index in [9.17, 15) is 9.90 Å². The number of amides is 1. The summed E-state index contributed by atoms with van der Waals surface area (Å²) >= 11 is 0. The fourth-order valence-corrected chi connectivity index (χ4v) is 4.73. The molecule has 1 aromatic heterocycles. The SMILES string of the molecule is CC(=O)N(Cc1cncnc1)[C@@H]1CCCN([C@@H]2Cc3ccccc3[C@@H]2O)CC1. The summed E-state index contributed by atoms with van der Waals surface area (Å²) in [5.41, 5.74) is 3.29. The molecule has 2 aliphatic rings. The number of aliphatic hydroxyl groups excluding tert-OH is 1. The van der Waals surface area contributed by atoms with Crippen LogP contribution in [0.25, 0.3) is 0 Å². The Morgan fingerprint density at radius 2 is 2.00 bits per heavy atom. The number of fused-ring (bicyclic) bond motifs is 1. The van der Waals surface area contributed by atoms with Gasteiger partial charge in [0, 0.05) is 50.1 Å². The zero-order chi connectivity index (χ0) is 19.5. The fourth-order valence-electron chi connectivity index (χ4n) is 4.73. The molecule has 0 saturated carbocycles. The van der Waals surface area contributed by atoms with Crippen molar-refractivity contribution in [3.8, 4) is 0 Å². The number of carbonyl (C=O) groups excluding carboxylic acids is 1. The Labute approximate surface area is 166 Å². The third kappa shape index (κ3) is 3.93. The van der Waals surface area contributed by atoms with E-state index in [0.717, 1.165) is 49.9 Å². The molecule has 6 heteroatoms. The molecule has 1 fully saturated rings. The minimum atomic E-state index is -0.418. The van der Waals surface area contributed by atoms with Gasteiger partial charge in [0.05, 0.1) is 6.10 Å². The van der Waals surface area contributed by atoms with Crippen LogP contribution in [0, 0.1) is 0 Å². The van der Waals surface area contributed by atoms with Crippen LogP contribution in [0.15, 0.2) is 43.0 Å². The number of likely N-dealkylation sites (tertiary alicyclic amines) is 1. The van der Waals surface area contributed by atoms with Crippen LogP contribution in [0.5, 0.6) is 0 Å². The molecule has 2 heterocycles. The van der Waals surface area contributed by atoms with Gasteiger partial charge in [-0.15, -0.1) is 0 Å². The van der Waals surface area contributed by atoms with Crippen LogP contribution in [-0.4, -0.2) is 56.0 Å². The maximum absolute atomic E-state index is 12.3. The third-order valence-electron chi connectivity index (χ3n) is 6.18. The van der Waals surface area contributed by atoms with Gasteiger partial charge in [-0.2, -0.15) is 0 Å². The van der Waals surface area contributed by atoms with Crippen molar-refractivity contribution in [1.29, 1.82) is 0 Å². The van der Waals surface area contributed by atoms with Crippen LogP contribution in [-0.2, 0) is 17.8 Å². The van der Waals surface area contributed by atoms with E-state index >= 15 is 0 Å². The molecule has 0 spiro atoms. The van der Waals surface area contributed by atoms with E-state index in [-0.39, 0.29) is 18.0 Å². The predicted molar refractivity (Wildman–Crippen MR) is 106 cm³/mol. The molecule has 0 radical (unpaired) electrons. The van der Waals surface area contributed by atoms with Crippen molar-refractivity contribution in [2.75, 3.05) is 13.1 Å². The molecule has 4 rings (SSSR count). The lowest BCUT2D eigenvalue weighted by atomic mass is 10.1. The molecule has 1 amide bonds. The molecular weight excluding hydrogens is 352 g/mol. The highest BCUT2D eigenvalue weighted by Crippen LogP contribution is 2.35. The van der Waals surface area contributed by atoms with E-state index in [2.05, 4.69) is 20.9 Å². The molecule has 1 aromatic carbocycles. The molecular formula is C22H28N4O2. The highest BCUT2D eigenvalue weighted by molar-refractivity contribution is 5.73. The van der Waals surface area contributed by atoms with Gasteiger partial charge in [-0.05, 0) is 43.4 Å². The summed E-state index contributed by atoms with van der Waals surface area (Å²) in [6.07, 6.45) is 8.48. The summed E-state index contributed by atoms with van der Waals surface area (Å²) in [6.45, 7) is 4.06. The van der Waals surface area contributed by atoms with Crippen LogP contribution >= 0.6 is 0 Å². The van der Waals surface area contributed by atoms with Gasteiger partial charge in [0.2, 0.25) is 5.91 Å². The molecule has 1 N–H and O–H groups in total. The summed E-state index contributed by atoms with van der Waals surface area (Å²) in [5.74, 6) is 0.0932. The Morgan fingerprint density at radius 1 is 1.21 bits per heavy atom.